The molecule has 2 atom stereocenters. The summed E-state index contributed by atoms with van der Waals surface area (Å²) in [6.07, 6.45) is 0.184. The molecule has 0 saturated carbocycles. The number of nitro benzene ring substituents is 1. The van der Waals surface area contributed by atoms with Gasteiger partial charge in [-0.2, -0.15) is 0 Å². The summed E-state index contributed by atoms with van der Waals surface area (Å²) in [7, 11) is 1.53. The van der Waals surface area contributed by atoms with E-state index in [9.17, 15) is 20.0 Å². The molecule has 1 heterocycles. The van der Waals surface area contributed by atoms with E-state index in [4.69, 9.17) is 4.74 Å². The Morgan fingerprint density at radius 1 is 1.50 bits per heavy atom. The quantitative estimate of drug-likeness (QED) is 0.665. The van der Waals surface area contributed by atoms with Crippen LogP contribution in [0.15, 0.2) is 18.2 Å². The van der Waals surface area contributed by atoms with E-state index in [0.29, 0.717) is 18.7 Å². The normalized spacial score (nSPS) is 22.0. The second kappa shape index (κ2) is 5.46. The highest BCUT2D eigenvalue weighted by Crippen LogP contribution is 2.30. The highest BCUT2D eigenvalue weighted by atomic mass is 16.6. The predicted octanol–water partition coefficient (Wildman–Crippen LogP) is 1.58. The van der Waals surface area contributed by atoms with Gasteiger partial charge in [-0.05, 0) is 18.6 Å². The number of hydrogen-bond acceptors (Lipinski definition) is 5. The summed E-state index contributed by atoms with van der Waals surface area (Å²) >= 11 is 0. The fraction of sp³-hybridized carbons (Fsp3) is 0.462. The number of carboxylic acids is 1. The monoisotopic (exact) mass is 280 g/mol. The lowest BCUT2D eigenvalue weighted by Crippen LogP contribution is -2.36. The molecule has 1 aliphatic rings. The van der Waals surface area contributed by atoms with Crippen molar-refractivity contribution in [2.24, 2.45) is 0 Å². The van der Waals surface area contributed by atoms with E-state index in [2.05, 4.69) is 0 Å². The summed E-state index contributed by atoms with van der Waals surface area (Å²) in [6.45, 7) is 2.16. The van der Waals surface area contributed by atoms with Crippen molar-refractivity contribution < 1.29 is 19.6 Å². The highest BCUT2D eigenvalue weighted by Gasteiger charge is 2.37. The zero-order valence-electron chi connectivity index (χ0n) is 11.3. The fourth-order valence-corrected chi connectivity index (χ4v) is 2.50. The van der Waals surface area contributed by atoms with E-state index in [0.717, 1.165) is 5.56 Å². The van der Waals surface area contributed by atoms with Gasteiger partial charge in [0.15, 0.2) is 0 Å². The van der Waals surface area contributed by atoms with Crippen LogP contribution in [0.3, 0.4) is 0 Å². The number of carboxylic acid groups (broad SMARTS) is 1. The average Bonchev–Trinajstić information content (AvgIpc) is 2.82. The van der Waals surface area contributed by atoms with Gasteiger partial charge in [-0.1, -0.05) is 0 Å². The average molecular weight is 280 g/mol. The Morgan fingerprint density at radius 2 is 2.20 bits per heavy atom. The van der Waals surface area contributed by atoms with Gasteiger partial charge in [-0.25, -0.2) is 4.79 Å². The van der Waals surface area contributed by atoms with Crippen molar-refractivity contribution in [3.8, 4) is 0 Å². The van der Waals surface area contributed by atoms with E-state index in [-0.39, 0.29) is 11.8 Å². The number of methoxy groups -OCH3 is 1. The molecule has 2 unspecified atom stereocenters. The number of hydrogen-bond donors (Lipinski definition) is 1. The van der Waals surface area contributed by atoms with Crippen molar-refractivity contribution >= 4 is 17.3 Å². The van der Waals surface area contributed by atoms with Gasteiger partial charge >= 0.3 is 5.97 Å². The lowest BCUT2D eigenvalue weighted by molar-refractivity contribution is -0.384. The summed E-state index contributed by atoms with van der Waals surface area (Å²) in [5.41, 5.74) is 1.23. The Kier molecular flexibility index (Phi) is 3.89. The minimum absolute atomic E-state index is 0.0370. The zero-order valence-corrected chi connectivity index (χ0v) is 11.3. The molecule has 1 saturated heterocycles. The van der Waals surface area contributed by atoms with E-state index < -0.39 is 16.9 Å². The summed E-state index contributed by atoms with van der Waals surface area (Å²) in [4.78, 5) is 23.4. The molecule has 2 rings (SSSR count). The van der Waals surface area contributed by atoms with E-state index in [1.54, 1.807) is 17.9 Å². The number of ether oxygens (including phenoxy) is 1. The SMILES string of the molecule is COC1CC(C(=O)O)N(c2cc(C)cc([N+](=O)[O-])c2)C1. The number of nitro groups is 1. The minimum atomic E-state index is -0.950. The van der Waals surface area contributed by atoms with Gasteiger partial charge in [0.1, 0.15) is 6.04 Å². The summed E-state index contributed by atoms with van der Waals surface area (Å²) in [5.74, 6) is -0.950. The highest BCUT2D eigenvalue weighted by molar-refractivity contribution is 5.79. The Morgan fingerprint density at radius 3 is 2.75 bits per heavy atom. The topological polar surface area (TPSA) is 92.9 Å². The first-order valence-corrected chi connectivity index (χ1v) is 6.20. The number of non-ortho nitro benzene ring substituents is 1. The largest absolute Gasteiger partial charge is 0.480 e. The second-order valence-electron chi connectivity index (χ2n) is 4.88. The number of anilines is 1. The van der Waals surface area contributed by atoms with Crippen LogP contribution in [-0.4, -0.2) is 41.8 Å². The van der Waals surface area contributed by atoms with Gasteiger partial charge in [-0.15, -0.1) is 0 Å². The van der Waals surface area contributed by atoms with Crippen LogP contribution in [0.2, 0.25) is 0 Å². The lowest BCUT2D eigenvalue weighted by Gasteiger charge is -2.23. The number of rotatable bonds is 4. The summed E-state index contributed by atoms with van der Waals surface area (Å²) < 4.78 is 5.21. The van der Waals surface area contributed by atoms with E-state index in [1.165, 1.54) is 19.2 Å². The number of benzene rings is 1. The number of carbonyl (C=O) groups is 1. The van der Waals surface area contributed by atoms with Crippen molar-refractivity contribution in [3.05, 3.63) is 33.9 Å². The van der Waals surface area contributed by atoms with Crippen LogP contribution >= 0.6 is 0 Å². The van der Waals surface area contributed by atoms with E-state index >= 15 is 0 Å². The lowest BCUT2D eigenvalue weighted by atomic mass is 10.1. The molecule has 1 N–H and O–H groups in total. The zero-order chi connectivity index (χ0) is 14.9. The molecule has 20 heavy (non-hydrogen) atoms. The second-order valence-corrected chi connectivity index (χ2v) is 4.88. The van der Waals surface area contributed by atoms with Crippen molar-refractivity contribution in [3.63, 3.8) is 0 Å². The molecule has 1 aliphatic heterocycles. The smallest absolute Gasteiger partial charge is 0.326 e. The van der Waals surface area contributed by atoms with Crippen molar-refractivity contribution in [1.29, 1.82) is 0 Å². The molecule has 108 valence electrons. The molecule has 7 heteroatoms. The summed E-state index contributed by atoms with van der Waals surface area (Å²) in [6, 6.07) is 3.90. The minimum Gasteiger partial charge on any atom is -0.480 e. The van der Waals surface area contributed by atoms with Gasteiger partial charge in [0, 0.05) is 37.9 Å². The standard InChI is InChI=1S/C13H16N2O5/c1-8-3-9(5-10(4-8)15(18)19)14-7-11(20-2)6-12(14)13(16)17/h3-5,11-12H,6-7H2,1-2H3,(H,16,17). The van der Waals surface area contributed by atoms with Crippen molar-refractivity contribution in [2.45, 2.75) is 25.5 Å². The third kappa shape index (κ3) is 2.72. The molecule has 0 aliphatic carbocycles. The number of nitrogens with zero attached hydrogens (tertiary/aromatic N) is 2. The maximum Gasteiger partial charge on any atom is 0.326 e. The molecule has 0 radical (unpaired) electrons. The van der Waals surface area contributed by atoms with Crippen molar-refractivity contribution in [2.75, 3.05) is 18.6 Å². The molecule has 1 aromatic rings. The van der Waals surface area contributed by atoms with Crippen LogP contribution in [0, 0.1) is 17.0 Å². The molecule has 1 fully saturated rings. The Bertz CT molecular complexity index is 546. The predicted molar refractivity (Wildman–Crippen MR) is 72.0 cm³/mol. The Labute approximate surface area is 115 Å². The van der Waals surface area contributed by atoms with Crippen LogP contribution in [0.25, 0.3) is 0 Å². The van der Waals surface area contributed by atoms with Gasteiger partial charge in [0.2, 0.25) is 0 Å². The van der Waals surface area contributed by atoms with Crippen LogP contribution in [0.5, 0.6) is 0 Å². The van der Waals surface area contributed by atoms with Crippen LogP contribution in [-0.2, 0) is 9.53 Å². The molecule has 0 amide bonds. The van der Waals surface area contributed by atoms with Gasteiger partial charge in [0.05, 0.1) is 11.0 Å². The molecular weight excluding hydrogens is 264 g/mol. The molecule has 0 aromatic heterocycles. The van der Waals surface area contributed by atoms with Gasteiger partial charge in [0.25, 0.3) is 5.69 Å². The molecule has 7 nitrogen and oxygen atoms in total. The molecule has 1 aromatic carbocycles. The first-order valence-electron chi connectivity index (χ1n) is 6.20. The summed E-state index contributed by atoms with van der Waals surface area (Å²) in [5, 5.41) is 20.2. The van der Waals surface area contributed by atoms with Gasteiger partial charge < -0.3 is 14.7 Å². The molecule has 0 spiro atoms. The Hall–Kier alpha value is -2.15. The van der Waals surface area contributed by atoms with Crippen molar-refractivity contribution in [1.82, 2.24) is 0 Å². The number of aryl methyl sites for hydroxylation is 1. The maximum absolute atomic E-state index is 11.3. The molecular formula is C13H16N2O5. The number of aliphatic carboxylic acids is 1. The van der Waals surface area contributed by atoms with Crippen LogP contribution in [0.4, 0.5) is 11.4 Å². The third-order valence-corrected chi connectivity index (χ3v) is 3.47. The first kappa shape index (κ1) is 14.3. The molecule has 0 bridgehead atoms. The van der Waals surface area contributed by atoms with Gasteiger partial charge in [-0.3, -0.25) is 10.1 Å². The van der Waals surface area contributed by atoms with Crippen LogP contribution < -0.4 is 4.90 Å². The van der Waals surface area contributed by atoms with Crippen LogP contribution in [0.1, 0.15) is 12.0 Å². The Balaban J connectivity index is 2.38. The fourth-order valence-electron chi connectivity index (χ4n) is 2.50. The van der Waals surface area contributed by atoms with E-state index in [1.807, 2.05) is 0 Å². The first-order chi connectivity index (χ1) is 9.42. The maximum atomic E-state index is 11.3. The third-order valence-electron chi connectivity index (χ3n) is 3.47.